The van der Waals surface area contributed by atoms with Crippen LogP contribution in [0.4, 0.5) is 0 Å². The lowest BCUT2D eigenvalue weighted by atomic mass is 10.1. The van der Waals surface area contributed by atoms with Crippen molar-refractivity contribution in [2.75, 3.05) is 26.3 Å². The molecule has 0 aromatic carbocycles. The first-order chi connectivity index (χ1) is 8.02. The van der Waals surface area contributed by atoms with Crippen molar-refractivity contribution in [1.29, 1.82) is 0 Å². The van der Waals surface area contributed by atoms with Gasteiger partial charge in [0.1, 0.15) is 0 Å². The number of ether oxygens (including phenoxy) is 1. The lowest BCUT2D eigenvalue weighted by Gasteiger charge is -2.21. The summed E-state index contributed by atoms with van der Waals surface area (Å²) in [5.74, 6) is -1.10. The third-order valence-electron chi connectivity index (χ3n) is 2.26. The molecule has 1 unspecified atom stereocenters. The van der Waals surface area contributed by atoms with E-state index in [1.165, 1.54) is 0 Å². The normalized spacial score (nSPS) is 12.3. The first-order valence-electron chi connectivity index (χ1n) is 5.89. The van der Waals surface area contributed by atoms with E-state index < -0.39 is 11.8 Å². The van der Waals surface area contributed by atoms with Crippen LogP contribution in [-0.2, 0) is 14.3 Å². The van der Waals surface area contributed by atoms with Crippen molar-refractivity contribution in [2.24, 2.45) is 11.7 Å². The average molecular weight is 245 g/mol. The lowest BCUT2D eigenvalue weighted by molar-refractivity contribution is -0.140. The second-order valence-corrected chi connectivity index (χ2v) is 4.03. The van der Waals surface area contributed by atoms with Crippen LogP contribution < -0.4 is 16.4 Å². The Morgan fingerprint density at radius 3 is 2.41 bits per heavy atom. The number of amides is 2. The fourth-order valence-corrected chi connectivity index (χ4v) is 1.15. The number of rotatable bonds is 7. The number of carbonyl (C=O) groups is 2. The second-order valence-electron chi connectivity index (χ2n) is 4.03. The van der Waals surface area contributed by atoms with E-state index in [0.29, 0.717) is 26.3 Å². The van der Waals surface area contributed by atoms with Crippen LogP contribution in [0.3, 0.4) is 0 Å². The van der Waals surface area contributed by atoms with Gasteiger partial charge in [-0.1, -0.05) is 13.8 Å². The average Bonchev–Trinajstić information content (AvgIpc) is 2.30. The summed E-state index contributed by atoms with van der Waals surface area (Å²) in [6.45, 7) is 7.40. The van der Waals surface area contributed by atoms with Crippen LogP contribution in [0.5, 0.6) is 0 Å². The zero-order valence-corrected chi connectivity index (χ0v) is 10.8. The van der Waals surface area contributed by atoms with Gasteiger partial charge in [-0.2, -0.15) is 0 Å². The highest BCUT2D eigenvalue weighted by atomic mass is 16.5. The molecule has 0 bridgehead atoms. The fraction of sp³-hybridized carbons (Fsp3) is 0.818. The topological polar surface area (TPSA) is 93.4 Å². The van der Waals surface area contributed by atoms with Crippen LogP contribution >= 0.6 is 0 Å². The molecular formula is C11H23N3O3. The van der Waals surface area contributed by atoms with Crippen molar-refractivity contribution >= 4 is 11.8 Å². The van der Waals surface area contributed by atoms with E-state index in [0.717, 1.165) is 0 Å². The number of hydrogen-bond acceptors (Lipinski definition) is 4. The van der Waals surface area contributed by atoms with Crippen LogP contribution in [0.2, 0.25) is 0 Å². The molecule has 0 aliphatic rings. The maximum absolute atomic E-state index is 11.5. The van der Waals surface area contributed by atoms with Crippen molar-refractivity contribution in [3.05, 3.63) is 0 Å². The van der Waals surface area contributed by atoms with Crippen molar-refractivity contribution in [3.8, 4) is 0 Å². The standard InChI is InChI=1S/C11H23N3O3/c1-4-17-7-9(8(2)3)14-11(16)10(15)13-6-5-12/h8-9H,4-7,12H2,1-3H3,(H,13,15)(H,14,16). The van der Waals surface area contributed by atoms with Crippen LogP contribution in [0.25, 0.3) is 0 Å². The maximum atomic E-state index is 11.5. The van der Waals surface area contributed by atoms with Gasteiger partial charge >= 0.3 is 11.8 Å². The number of hydrogen-bond donors (Lipinski definition) is 3. The van der Waals surface area contributed by atoms with Gasteiger partial charge in [-0.25, -0.2) is 0 Å². The van der Waals surface area contributed by atoms with Gasteiger partial charge < -0.3 is 21.1 Å². The quantitative estimate of drug-likeness (QED) is 0.514. The van der Waals surface area contributed by atoms with Crippen molar-refractivity contribution in [1.82, 2.24) is 10.6 Å². The van der Waals surface area contributed by atoms with Gasteiger partial charge in [0.2, 0.25) is 0 Å². The zero-order chi connectivity index (χ0) is 13.3. The molecule has 0 saturated heterocycles. The minimum Gasteiger partial charge on any atom is -0.380 e. The largest absolute Gasteiger partial charge is 0.380 e. The van der Waals surface area contributed by atoms with Crippen LogP contribution in [0.15, 0.2) is 0 Å². The zero-order valence-electron chi connectivity index (χ0n) is 10.8. The van der Waals surface area contributed by atoms with Gasteiger partial charge in [-0.3, -0.25) is 9.59 Å². The minimum absolute atomic E-state index is 0.161. The Morgan fingerprint density at radius 2 is 1.94 bits per heavy atom. The second kappa shape index (κ2) is 8.95. The van der Waals surface area contributed by atoms with Crippen molar-refractivity contribution < 1.29 is 14.3 Å². The maximum Gasteiger partial charge on any atom is 0.309 e. The number of carbonyl (C=O) groups excluding carboxylic acids is 2. The molecule has 4 N–H and O–H groups in total. The highest BCUT2D eigenvalue weighted by Crippen LogP contribution is 2.02. The summed E-state index contributed by atoms with van der Waals surface area (Å²) in [5.41, 5.74) is 5.23. The first kappa shape index (κ1) is 15.9. The Morgan fingerprint density at radius 1 is 1.29 bits per heavy atom. The Bertz CT molecular complexity index is 244. The molecule has 0 radical (unpaired) electrons. The van der Waals surface area contributed by atoms with Gasteiger partial charge in [0.05, 0.1) is 12.6 Å². The van der Waals surface area contributed by atoms with Crippen LogP contribution in [0.1, 0.15) is 20.8 Å². The van der Waals surface area contributed by atoms with E-state index in [-0.39, 0.29) is 12.0 Å². The summed E-state index contributed by atoms with van der Waals surface area (Å²) >= 11 is 0. The fourth-order valence-electron chi connectivity index (χ4n) is 1.15. The van der Waals surface area contributed by atoms with Crippen LogP contribution in [-0.4, -0.2) is 44.2 Å². The van der Waals surface area contributed by atoms with E-state index in [9.17, 15) is 9.59 Å². The Balaban J connectivity index is 4.15. The molecule has 0 heterocycles. The van der Waals surface area contributed by atoms with E-state index in [2.05, 4.69) is 10.6 Å². The molecular weight excluding hydrogens is 222 g/mol. The molecule has 0 aromatic rings. The molecule has 0 aliphatic carbocycles. The number of nitrogens with one attached hydrogen (secondary N) is 2. The monoisotopic (exact) mass is 245 g/mol. The van der Waals surface area contributed by atoms with E-state index in [1.807, 2.05) is 20.8 Å². The summed E-state index contributed by atoms with van der Waals surface area (Å²) in [6, 6.07) is -0.161. The smallest absolute Gasteiger partial charge is 0.309 e. The summed E-state index contributed by atoms with van der Waals surface area (Å²) in [4.78, 5) is 22.8. The predicted octanol–water partition coefficient (Wildman–Crippen LogP) is -0.761. The molecule has 17 heavy (non-hydrogen) atoms. The molecule has 0 aromatic heterocycles. The number of nitrogens with two attached hydrogens (primary N) is 1. The van der Waals surface area contributed by atoms with Gasteiger partial charge in [0.25, 0.3) is 0 Å². The molecule has 0 spiro atoms. The summed E-state index contributed by atoms with van der Waals surface area (Å²) < 4.78 is 5.25. The Hall–Kier alpha value is -1.14. The molecule has 0 rings (SSSR count). The predicted molar refractivity (Wildman–Crippen MR) is 65.3 cm³/mol. The third-order valence-corrected chi connectivity index (χ3v) is 2.26. The summed E-state index contributed by atoms with van der Waals surface area (Å²) in [6.07, 6.45) is 0. The molecule has 6 nitrogen and oxygen atoms in total. The van der Waals surface area contributed by atoms with Crippen molar-refractivity contribution in [2.45, 2.75) is 26.8 Å². The van der Waals surface area contributed by atoms with E-state index in [1.54, 1.807) is 0 Å². The van der Waals surface area contributed by atoms with Crippen molar-refractivity contribution in [3.63, 3.8) is 0 Å². The van der Waals surface area contributed by atoms with Gasteiger partial charge in [0.15, 0.2) is 0 Å². The van der Waals surface area contributed by atoms with Gasteiger partial charge in [0, 0.05) is 19.7 Å². The highest BCUT2D eigenvalue weighted by Gasteiger charge is 2.20. The molecule has 0 fully saturated rings. The molecule has 2 amide bonds. The summed E-state index contributed by atoms with van der Waals surface area (Å²) in [5, 5.41) is 5.06. The summed E-state index contributed by atoms with van der Waals surface area (Å²) in [7, 11) is 0. The molecule has 0 saturated carbocycles. The molecule has 6 heteroatoms. The Kier molecular flexibility index (Phi) is 8.35. The highest BCUT2D eigenvalue weighted by molar-refractivity contribution is 6.35. The van der Waals surface area contributed by atoms with E-state index >= 15 is 0 Å². The van der Waals surface area contributed by atoms with E-state index in [4.69, 9.17) is 10.5 Å². The van der Waals surface area contributed by atoms with Gasteiger partial charge in [-0.15, -0.1) is 0 Å². The van der Waals surface area contributed by atoms with Crippen LogP contribution in [0, 0.1) is 5.92 Å². The molecule has 100 valence electrons. The first-order valence-corrected chi connectivity index (χ1v) is 5.89. The SMILES string of the molecule is CCOCC(NC(=O)C(=O)NCCN)C(C)C. The lowest BCUT2D eigenvalue weighted by Crippen LogP contribution is -2.49. The molecule has 1 atom stereocenters. The van der Waals surface area contributed by atoms with Gasteiger partial charge in [-0.05, 0) is 12.8 Å². The Labute approximate surface area is 102 Å². The third kappa shape index (κ3) is 6.91. The molecule has 0 aliphatic heterocycles. The minimum atomic E-state index is -0.655.